The van der Waals surface area contributed by atoms with E-state index in [1.54, 1.807) is 6.20 Å². The molecule has 0 unspecified atom stereocenters. The maximum absolute atomic E-state index is 11.7. The lowest BCUT2D eigenvalue weighted by Crippen LogP contribution is -2.38. The van der Waals surface area contributed by atoms with E-state index < -0.39 is 0 Å². The molecule has 0 bridgehead atoms. The van der Waals surface area contributed by atoms with Crippen molar-refractivity contribution in [3.63, 3.8) is 0 Å². The van der Waals surface area contributed by atoms with Gasteiger partial charge in [0.05, 0.1) is 37.7 Å². The molecule has 33 heavy (non-hydrogen) atoms. The highest BCUT2D eigenvalue weighted by Crippen LogP contribution is 2.25. The van der Waals surface area contributed by atoms with E-state index in [1.807, 2.05) is 31.2 Å². The van der Waals surface area contributed by atoms with Crippen molar-refractivity contribution in [3.05, 3.63) is 36.2 Å². The third-order valence-electron chi connectivity index (χ3n) is 5.15. The molecule has 1 saturated heterocycles. The predicted molar refractivity (Wildman–Crippen MR) is 131 cm³/mol. The molecule has 1 fully saturated rings. The molecule has 0 aliphatic carbocycles. The Bertz CT molecular complexity index is 915. The van der Waals surface area contributed by atoms with Gasteiger partial charge in [0.25, 0.3) is 0 Å². The van der Waals surface area contributed by atoms with E-state index in [0.717, 1.165) is 69.1 Å². The number of morpholine rings is 1. The number of aryl methyl sites for hydroxylation is 1. The van der Waals surface area contributed by atoms with Crippen molar-refractivity contribution in [2.45, 2.75) is 20.3 Å². The number of ether oxygens (including phenoxy) is 2. The Morgan fingerprint density at radius 3 is 2.88 bits per heavy atom. The summed E-state index contributed by atoms with van der Waals surface area (Å²) in [5, 5.41) is 6.46. The number of carbonyl (C=O) groups excluding carboxylic acids is 1. The van der Waals surface area contributed by atoms with E-state index in [0.29, 0.717) is 31.2 Å². The summed E-state index contributed by atoms with van der Waals surface area (Å²) >= 11 is 0. The summed E-state index contributed by atoms with van der Waals surface area (Å²) in [7, 11) is 0. The van der Waals surface area contributed by atoms with Crippen molar-refractivity contribution < 1.29 is 14.3 Å². The first-order chi connectivity index (χ1) is 16.2. The number of nitrogens with one attached hydrogen (secondary N) is 2. The number of rotatable bonds is 12. The molecule has 3 rings (SSSR count). The van der Waals surface area contributed by atoms with Crippen molar-refractivity contribution in [2.24, 2.45) is 4.99 Å². The number of anilines is 2. The summed E-state index contributed by atoms with van der Waals surface area (Å²) in [6, 6.07) is 7.76. The molecule has 0 aromatic carbocycles. The van der Waals surface area contributed by atoms with Crippen LogP contribution in [0.5, 0.6) is 0 Å². The van der Waals surface area contributed by atoms with Crippen molar-refractivity contribution in [2.75, 3.05) is 69.8 Å². The summed E-state index contributed by atoms with van der Waals surface area (Å²) in [5.74, 6) is 0.924. The van der Waals surface area contributed by atoms with Crippen LogP contribution in [-0.2, 0) is 14.3 Å². The maximum Gasteiger partial charge on any atom is 0.185 e. The van der Waals surface area contributed by atoms with Gasteiger partial charge in [0, 0.05) is 50.2 Å². The fourth-order valence-corrected chi connectivity index (χ4v) is 3.43. The third kappa shape index (κ3) is 8.20. The highest BCUT2D eigenvalue weighted by Gasteiger charge is 2.12. The molecule has 0 atom stereocenters. The second-order valence-electron chi connectivity index (χ2n) is 7.78. The predicted octanol–water partition coefficient (Wildman–Crippen LogP) is 2.63. The first-order valence-corrected chi connectivity index (χ1v) is 11.5. The Hall–Kier alpha value is -2.88. The fourth-order valence-electron chi connectivity index (χ4n) is 3.43. The summed E-state index contributed by atoms with van der Waals surface area (Å²) in [4.78, 5) is 27.5. The summed E-state index contributed by atoms with van der Waals surface area (Å²) in [5.41, 5.74) is 3.42. The molecule has 2 N–H and O–H groups in total. The van der Waals surface area contributed by atoms with Gasteiger partial charge in [0.1, 0.15) is 0 Å². The van der Waals surface area contributed by atoms with Gasteiger partial charge in [-0.2, -0.15) is 0 Å². The zero-order valence-electron chi connectivity index (χ0n) is 19.5. The topological polar surface area (TPSA) is 101 Å². The van der Waals surface area contributed by atoms with Crippen LogP contribution in [0.1, 0.15) is 19.0 Å². The second-order valence-corrected chi connectivity index (χ2v) is 7.78. The van der Waals surface area contributed by atoms with E-state index in [4.69, 9.17) is 14.5 Å². The molecular formula is C24H34N6O3. The van der Waals surface area contributed by atoms with Crippen LogP contribution in [0.3, 0.4) is 0 Å². The normalized spacial score (nSPS) is 14.8. The minimum Gasteiger partial charge on any atom is -0.380 e. The average molecular weight is 455 g/mol. The Balaban J connectivity index is 1.71. The quantitative estimate of drug-likeness (QED) is 0.218. The van der Waals surface area contributed by atoms with Crippen LogP contribution in [0.15, 0.2) is 35.5 Å². The van der Waals surface area contributed by atoms with Gasteiger partial charge in [-0.15, -0.1) is 0 Å². The number of amidine groups is 1. The Labute approximate surface area is 195 Å². The van der Waals surface area contributed by atoms with E-state index in [-0.39, 0.29) is 5.84 Å². The summed E-state index contributed by atoms with van der Waals surface area (Å²) in [6.45, 7) is 10.5. The van der Waals surface area contributed by atoms with Gasteiger partial charge in [-0.05, 0) is 37.6 Å². The summed E-state index contributed by atoms with van der Waals surface area (Å²) in [6.07, 6.45) is 3.49. The second kappa shape index (κ2) is 13.6. The minimum absolute atomic E-state index is 0.280. The highest BCUT2D eigenvalue weighted by atomic mass is 16.5. The third-order valence-corrected chi connectivity index (χ3v) is 5.15. The Morgan fingerprint density at radius 1 is 1.27 bits per heavy atom. The van der Waals surface area contributed by atoms with Crippen molar-refractivity contribution in [1.82, 2.24) is 14.9 Å². The average Bonchev–Trinajstić information content (AvgIpc) is 2.84. The van der Waals surface area contributed by atoms with Crippen LogP contribution >= 0.6 is 0 Å². The Morgan fingerprint density at radius 2 is 2.12 bits per heavy atom. The van der Waals surface area contributed by atoms with Crippen LogP contribution in [0.25, 0.3) is 11.3 Å². The number of nitrogens with zero attached hydrogens (tertiary/aromatic N) is 4. The fraction of sp³-hybridized carbons (Fsp3) is 0.500. The van der Waals surface area contributed by atoms with Crippen molar-refractivity contribution in [3.8, 4) is 11.3 Å². The zero-order valence-corrected chi connectivity index (χ0v) is 19.5. The largest absolute Gasteiger partial charge is 0.380 e. The minimum atomic E-state index is 0.280. The van der Waals surface area contributed by atoms with Gasteiger partial charge in [-0.25, -0.2) is 4.98 Å². The number of aliphatic imine (C=N–C) groups is 1. The van der Waals surface area contributed by atoms with Crippen LogP contribution in [0.2, 0.25) is 0 Å². The van der Waals surface area contributed by atoms with Gasteiger partial charge in [-0.1, -0.05) is 6.92 Å². The molecule has 9 nitrogen and oxygen atoms in total. The molecule has 2 aromatic rings. The number of carbonyl (C=O) groups is 1. The van der Waals surface area contributed by atoms with E-state index in [2.05, 4.69) is 32.4 Å². The van der Waals surface area contributed by atoms with Crippen LogP contribution < -0.4 is 10.6 Å². The first-order valence-electron chi connectivity index (χ1n) is 11.5. The maximum atomic E-state index is 11.7. The number of aromatic nitrogens is 2. The Kier molecular flexibility index (Phi) is 10.2. The number of aldehydes is 1. The van der Waals surface area contributed by atoms with Gasteiger partial charge >= 0.3 is 0 Å². The zero-order chi connectivity index (χ0) is 23.3. The SMILES string of the molecule is CCCOCCNc1nc(-c2ccnc(C)c2)ccc1NC(C=O)=NCCN1CCOCC1. The molecule has 0 radical (unpaired) electrons. The lowest BCUT2D eigenvalue weighted by atomic mass is 10.1. The molecule has 3 heterocycles. The lowest BCUT2D eigenvalue weighted by molar-refractivity contribution is -0.102. The first kappa shape index (κ1) is 24.8. The molecule has 9 heteroatoms. The molecule has 178 valence electrons. The van der Waals surface area contributed by atoms with Gasteiger partial charge in [0.15, 0.2) is 17.9 Å². The lowest BCUT2D eigenvalue weighted by Gasteiger charge is -2.25. The van der Waals surface area contributed by atoms with E-state index >= 15 is 0 Å². The van der Waals surface area contributed by atoms with Gasteiger partial charge in [0.2, 0.25) is 0 Å². The van der Waals surface area contributed by atoms with Crippen LogP contribution in [-0.4, -0.2) is 86.1 Å². The highest BCUT2D eigenvalue weighted by molar-refractivity contribution is 6.33. The van der Waals surface area contributed by atoms with Gasteiger partial charge in [-0.3, -0.25) is 19.7 Å². The summed E-state index contributed by atoms with van der Waals surface area (Å²) < 4.78 is 10.9. The number of hydrogen-bond acceptors (Lipinski definition) is 8. The van der Waals surface area contributed by atoms with Crippen LogP contribution in [0.4, 0.5) is 11.5 Å². The standard InChI is InChI=1S/C24H34N6O3/c1-3-13-32-14-9-27-24-22(5-4-21(29-24)20-6-7-25-19(2)17-20)28-23(18-31)26-8-10-30-11-15-33-16-12-30/h4-7,17-18H,3,8-16H2,1-2H3,(H,26,28)(H,27,29). The number of pyridine rings is 2. The molecular weight excluding hydrogens is 420 g/mol. The van der Waals surface area contributed by atoms with Gasteiger partial charge < -0.3 is 20.1 Å². The molecule has 0 amide bonds. The number of hydrogen-bond donors (Lipinski definition) is 2. The van der Waals surface area contributed by atoms with E-state index in [9.17, 15) is 4.79 Å². The van der Waals surface area contributed by atoms with E-state index in [1.165, 1.54) is 0 Å². The molecule has 0 saturated carbocycles. The molecule has 1 aliphatic rings. The van der Waals surface area contributed by atoms with Crippen molar-refractivity contribution in [1.29, 1.82) is 0 Å². The smallest absolute Gasteiger partial charge is 0.185 e. The van der Waals surface area contributed by atoms with Crippen molar-refractivity contribution >= 4 is 23.6 Å². The monoisotopic (exact) mass is 454 g/mol. The molecule has 0 spiro atoms. The molecule has 2 aromatic heterocycles. The van der Waals surface area contributed by atoms with Crippen LogP contribution in [0, 0.1) is 6.92 Å². The molecule has 1 aliphatic heterocycles.